The number of fused-ring (bicyclic) bond motifs is 1. The molecule has 4 rings (SSSR count). The Morgan fingerprint density at radius 3 is 2.06 bits per heavy atom. The molecular weight excluding hydrogens is 400 g/mol. The molecule has 0 radical (unpaired) electrons. The van der Waals surface area contributed by atoms with E-state index in [0.717, 1.165) is 28.7 Å². The number of nitrogens with one attached hydrogen (secondary N) is 1. The van der Waals surface area contributed by atoms with E-state index in [1.54, 1.807) is 13.2 Å². The average molecular weight is 429 g/mol. The van der Waals surface area contributed by atoms with Crippen LogP contribution in [0.15, 0.2) is 76.4 Å². The minimum Gasteiger partial charge on any atom is -0.384 e. The highest BCUT2D eigenvalue weighted by molar-refractivity contribution is 5.90. The lowest BCUT2D eigenvalue weighted by molar-refractivity contribution is 0.706. The number of hydrogen-bond donors (Lipinski definition) is 1. The molecule has 32 heavy (non-hydrogen) atoms. The number of hydrogen-bond acceptors (Lipinski definition) is 4. The molecule has 0 spiro atoms. The van der Waals surface area contributed by atoms with Crippen molar-refractivity contribution in [3.05, 3.63) is 104 Å². The summed E-state index contributed by atoms with van der Waals surface area (Å²) < 4.78 is 2.57. The number of aryl methyl sites for hydroxylation is 2. The Hall–Kier alpha value is -3.67. The molecule has 6 nitrogen and oxygen atoms in total. The maximum absolute atomic E-state index is 13.0. The van der Waals surface area contributed by atoms with Crippen molar-refractivity contribution in [2.24, 2.45) is 14.1 Å². The van der Waals surface area contributed by atoms with Crippen LogP contribution in [-0.2, 0) is 20.5 Å². The van der Waals surface area contributed by atoms with Crippen LogP contribution in [0.2, 0.25) is 0 Å². The highest BCUT2D eigenvalue weighted by Gasteiger charge is 2.18. The van der Waals surface area contributed by atoms with E-state index in [0.29, 0.717) is 17.6 Å². The van der Waals surface area contributed by atoms with Crippen molar-refractivity contribution in [1.29, 1.82) is 0 Å². The molecule has 0 fully saturated rings. The molecule has 2 aromatic carbocycles. The molecule has 0 aliphatic heterocycles. The first kappa shape index (κ1) is 21.6. The summed E-state index contributed by atoms with van der Waals surface area (Å²) in [7, 11) is 3.15. The van der Waals surface area contributed by atoms with E-state index in [-0.39, 0.29) is 17.2 Å². The first-order valence-electron chi connectivity index (χ1n) is 10.9. The zero-order valence-electron chi connectivity index (χ0n) is 18.7. The Balaban J connectivity index is 1.70. The van der Waals surface area contributed by atoms with Gasteiger partial charge in [-0.05, 0) is 29.5 Å². The minimum absolute atomic E-state index is 0.232. The zero-order valence-corrected chi connectivity index (χ0v) is 18.7. The maximum atomic E-state index is 13.0. The van der Waals surface area contributed by atoms with Gasteiger partial charge in [0.15, 0.2) is 5.65 Å². The van der Waals surface area contributed by atoms with Crippen molar-refractivity contribution in [2.75, 3.05) is 11.9 Å². The molecule has 2 aromatic heterocycles. The zero-order chi connectivity index (χ0) is 22.7. The van der Waals surface area contributed by atoms with Crippen molar-refractivity contribution in [3.63, 3.8) is 0 Å². The fourth-order valence-electron chi connectivity index (χ4n) is 4.28. The number of anilines is 1. The van der Waals surface area contributed by atoms with E-state index in [4.69, 9.17) is 0 Å². The summed E-state index contributed by atoms with van der Waals surface area (Å²) in [6.07, 6.45) is 3.35. The molecule has 0 aliphatic rings. The fourth-order valence-corrected chi connectivity index (χ4v) is 4.28. The SMILES string of the molecule is CCc1cnc2c(c1NCCC(c1ccccc1)c1ccccc1)c(=O)n(C)c(=O)n2C. The van der Waals surface area contributed by atoms with Crippen LogP contribution >= 0.6 is 0 Å². The van der Waals surface area contributed by atoms with E-state index >= 15 is 0 Å². The van der Waals surface area contributed by atoms with Gasteiger partial charge >= 0.3 is 5.69 Å². The molecule has 0 saturated heterocycles. The minimum atomic E-state index is -0.376. The quantitative estimate of drug-likeness (QED) is 0.486. The highest BCUT2D eigenvalue weighted by Crippen LogP contribution is 2.29. The second-order valence-electron chi connectivity index (χ2n) is 8.01. The Labute approximate surface area is 187 Å². The molecule has 0 amide bonds. The summed E-state index contributed by atoms with van der Waals surface area (Å²) in [4.78, 5) is 29.8. The predicted molar refractivity (Wildman–Crippen MR) is 129 cm³/mol. The Morgan fingerprint density at radius 2 is 1.50 bits per heavy atom. The average Bonchev–Trinajstić information content (AvgIpc) is 2.84. The van der Waals surface area contributed by atoms with Gasteiger partial charge in [-0.1, -0.05) is 67.6 Å². The summed E-state index contributed by atoms with van der Waals surface area (Å²) in [5.74, 6) is 0.232. The molecule has 164 valence electrons. The van der Waals surface area contributed by atoms with Gasteiger partial charge in [-0.25, -0.2) is 9.78 Å². The lowest BCUT2D eigenvalue weighted by Gasteiger charge is -2.20. The molecule has 4 aromatic rings. The van der Waals surface area contributed by atoms with Crippen molar-refractivity contribution in [1.82, 2.24) is 14.1 Å². The van der Waals surface area contributed by atoms with Gasteiger partial charge < -0.3 is 5.32 Å². The van der Waals surface area contributed by atoms with E-state index in [2.05, 4.69) is 58.8 Å². The first-order valence-corrected chi connectivity index (χ1v) is 10.9. The van der Waals surface area contributed by atoms with Crippen LogP contribution in [0.4, 0.5) is 5.69 Å². The third kappa shape index (κ3) is 3.96. The second kappa shape index (κ2) is 9.22. The third-order valence-corrected chi connectivity index (χ3v) is 6.07. The van der Waals surface area contributed by atoms with Crippen LogP contribution in [0.5, 0.6) is 0 Å². The standard InChI is InChI=1S/C26H28N4O2/c1-4-18-17-28-24-22(25(31)30(3)26(32)29(24)2)23(18)27-16-15-21(19-11-7-5-8-12-19)20-13-9-6-10-14-20/h5-14,17,21H,4,15-16H2,1-3H3,(H,27,28). The van der Waals surface area contributed by atoms with Crippen LogP contribution in [0.3, 0.4) is 0 Å². The first-order chi connectivity index (χ1) is 15.5. The summed E-state index contributed by atoms with van der Waals surface area (Å²) in [6.45, 7) is 2.71. The Kier molecular flexibility index (Phi) is 6.21. The molecule has 1 N–H and O–H groups in total. The number of rotatable bonds is 7. The Morgan fingerprint density at radius 1 is 0.906 bits per heavy atom. The molecule has 2 heterocycles. The number of pyridine rings is 1. The third-order valence-electron chi connectivity index (χ3n) is 6.07. The van der Waals surface area contributed by atoms with Crippen LogP contribution in [-0.4, -0.2) is 20.7 Å². The molecule has 0 unspecified atom stereocenters. The predicted octanol–water partition coefficient (Wildman–Crippen LogP) is 3.83. The number of nitrogens with zero attached hydrogens (tertiary/aromatic N) is 3. The van der Waals surface area contributed by atoms with Crippen LogP contribution in [0.1, 0.15) is 36.0 Å². The normalized spacial score (nSPS) is 11.2. The fraction of sp³-hybridized carbons (Fsp3) is 0.269. The van der Waals surface area contributed by atoms with Crippen LogP contribution < -0.4 is 16.6 Å². The second-order valence-corrected chi connectivity index (χ2v) is 8.01. The van der Waals surface area contributed by atoms with E-state index in [9.17, 15) is 9.59 Å². The summed E-state index contributed by atoms with van der Waals surface area (Å²) in [5.41, 5.74) is 3.95. The van der Waals surface area contributed by atoms with Gasteiger partial charge in [0.2, 0.25) is 0 Å². The van der Waals surface area contributed by atoms with Gasteiger partial charge in [-0.2, -0.15) is 0 Å². The van der Waals surface area contributed by atoms with E-state index < -0.39 is 0 Å². The lowest BCUT2D eigenvalue weighted by atomic mass is 9.88. The molecule has 0 saturated carbocycles. The van der Waals surface area contributed by atoms with E-state index in [1.165, 1.54) is 22.7 Å². The lowest BCUT2D eigenvalue weighted by Crippen LogP contribution is -2.37. The van der Waals surface area contributed by atoms with Gasteiger partial charge in [-0.15, -0.1) is 0 Å². The molecule has 0 bridgehead atoms. The van der Waals surface area contributed by atoms with Gasteiger partial charge in [0.1, 0.15) is 5.39 Å². The maximum Gasteiger partial charge on any atom is 0.332 e. The highest BCUT2D eigenvalue weighted by atomic mass is 16.2. The Bertz CT molecular complexity index is 1300. The van der Waals surface area contributed by atoms with Crippen molar-refractivity contribution < 1.29 is 0 Å². The number of benzene rings is 2. The molecular formula is C26H28N4O2. The van der Waals surface area contributed by atoms with Crippen LogP contribution in [0, 0.1) is 0 Å². The summed E-state index contributed by atoms with van der Waals surface area (Å²) in [5, 5.41) is 3.99. The van der Waals surface area contributed by atoms with Crippen molar-refractivity contribution in [2.45, 2.75) is 25.7 Å². The summed E-state index contributed by atoms with van der Waals surface area (Å²) in [6, 6.07) is 20.9. The van der Waals surface area contributed by atoms with Gasteiger partial charge in [0.25, 0.3) is 5.56 Å². The van der Waals surface area contributed by atoms with Gasteiger partial charge in [0, 0.05) is 32.8 Å². The monoisotopic (exact) mass is 428 g/mol. The van der Waals surface area contributed by atoms with E-state index in [1.807, 2.05) is 19.1 Å². The van der Waals surface area contributed by atoms with Crippen molar-refractivity contribution in [3.8, 4) is 0 Å². The largest absolute Gasteiger partial charge is 0.384 e. The smallest absolute Gasteiger partial charge is 0.332 e. The van der Waals surface area contributed by atoms with Crippen LogP contribution in [0.25, 0.3) is 11.0 Å². The molecule has 6 heteroatoms. The van der Waals surface area contributed by atoms with Crippen molar-refractivity contribution >= 4 is 16.7 Å². The summed E-state index contributed by atoms with van der Waals surface area (Å²) >= 11 is 0. The van der Waals surface area contributed by atoms with Gasteiger partial charge in [-0.3, -0.25) is 13.9 Å². The number of aromatic nitrogens is 3. The van der Waals surface area contributed by atoms with Gasteiger partial charge in [0.05, 0.1) is 5.69 Å². The molecule has 0 atom stereocenters. The molecule has 0 aliphatic carbocycles. The topological polar surface area (TPSA) is 68.9 Å².